The van der Waals surface area contributed by atoms with Gasteiger partial charge < -0.3 is 5.73 Å². The van der Waals surface area contributed by atoms with Gasteiger partial charge in [0.15, 0.2) is 0 Å². The molecule has 0 fully saturated rings. The van der Waals surface area contributed by atoms with E-state index >= 15 is 0 Å². The van der Waals surface area contributed by atoms with Crippen LogP contribution in [0.1, 0.15) is 6.42 Å². The van der Waals surface area contributed by atoms with E-state index in [2.05, 4.69) is 10.0 Å². The largest absolute Gasteiger partial charge is 0.402 e. The van der Waals surface area contributed by atoms with Gasteiger partial charge in [-0.1, -0.05) is 17.3 Å². The number of allylic oxidation sites excluding steroid dienone is 4. The fourth-order valence-corrected chi connectivity index (χ4v) is 0.838. The number of rotatable bonds is 1. The minimum Gasteiger partial charge on any atom is -0.402 e. The summed E-state index contributed by atoms with van der Waals surface area (Å²) in [7, 11) is 0. The van der Waals surface area contributed by atoms with Gasteiger partial charge in [-0.2, -0.15) is 0 Å². The van der Waals surface area contributed by atoms with Crippen molar-refractivity contribution in [2.24, 2.45) is 10.8 Å². The van der Waals surface area contributed by atoms with Crippen LogP contribution in [0.25, 0.3) is 10.4 Å². The predicted molar refractivity (Wildman–Crippen MR) is 43.3 cm³/mol. The summed E-state index contributed by atoms with van der Waals surface area (Å²) in [6.07, 6.45) is 7.65. The molecule has 56 valence electrons. The highest BCUT2D eigenvalue weighted by Gasteiger charge is 1.97. The molecule has 0 saturated heterocycles. The van der Waals surface area contributed by atoms with Gasteiger partial charge in [-0.05, 0) is 17.2 Å². The third-order valence-electron chi connectivity index (χ3n) is 1.30. The van der Waals surface area contributed by atoms with Crippen molar-refractivity contribution in [1.82, 2.24) is 0 Å². The van der Waals surface area contributed by atoms with Crippen LogP contribution in [0.3, 0.4) is 0 Å². The molecule has 0 aliphatic heterocycles. The minimum atomic E-state index is 0.662. The first-order valence-corrected chi connectivity index (χ1v) is 3.19. The Kier molecular flexibility index (Phi) is 2.36. The molecule has 1 rings (SSSR count). The summed E-state index contributed by atoms with van der Waals surface area (Å²) in [5.41, 5.74) is 15.3. The highest BCUT2D eigenvalue weighted by Crippen LogP contribution is 2.13. The molecule has 0 unspecified atom stereocenters. The zero-order valence-electron chi connectivity index (χ0n) is 5.94. The summed E-state index contributed by atoms with van der Waals surface area (Å²) in [5, 5.41) is 3.31. The number of nitrogens with two attached hydrogens (primary N) is 1. The highest BCUT2D eigenvalue weighted by atomic mass is 15.1. The van der Waals surface area contributed by atoms with Crippen molar-refractivity contribution in [3.8, 4) is 0 Å². The van der Waals surface area contributed by atoms with Gasteiger partial charge in [0, 0.05) is 23.2 Å². The standard InChI is InChI=1S/C7H8N4/c8-7-3-1-2-6(4-7)5-10-11-9/h1-3,5H,4,8H2. The molecule has 1 aliphatic carbocycles. The SMILES string of the molecule is [N-]=[N+]=NC=C1C=CC=C(N)C1. The Balaban J connectivity index is 2.73. The fraction of sp³-hybridized carbons (Fsp3) is 0.143. The Hall–Kier alpha value is -1.67. The van der Waals surface area contributed by atoms with Gasteiger partial charge in [0.25, 0.3) is 0 Å². The molecule has 0 heterocycles. The van der Waals surface area contributed by atoms with Gasteiger partial charge in [0.2, 0.25) is 0 Å². The Morgan fingerprint density at radius 1 is 1.73 bits per heavy atom. The second-order valence-electron chi connectivity index (χ2n) is 2.19. The van der Waals surface area contributed by atoms with E-state index in [4.69, 9.17) is 11.3 Å². The first-order chi connectivity index (χ1) is 5.33. The summed E-state index contributed by atoms with van der Waals surface area (Å²) in [6.45, 7) is 0. The molecule has 2 N–H and O–H groups in total. The van der Waals surface area contributed by atoms with E-state index in [1.54, 1.807) is 0 Å². The summed E-state index contributed by atoms with van der Waals surface area (Å²) in [5.74, 6) is 0. The maximum absolute atomic E-state index is 8.01. The van der Waals surface area contributed by atoms with Crippen molar-refractivity contribution in [1.29, 1.82) is 0 Å². The van der Waals surface area contributed by atoms with Crippen LogP contribution in [-0.4, -0.2) is 0 Å². The maximum atomic E-state index is 8.01. The van der Waals surface area contributed by atoms with E-state index in [0.717, 1.165) is 11.3 Å². The van der Waals surface area contributed by atoms with E-state index in [1.807, 2.05) is 18.2 Å². The van der Waals surface area contributed by atoms with E-state index in [9.17, 15) is 0 Å². The zero-order valence-corrected chi connectivity index (χ0v) is 5.94. The van der Waals surface area contributed by atoms with Crippen molar-refractivity contribution >= 4 is 0 Å². The first-order valence-electron chi connectivity index (χ1n) is 3.19. The molecular formula is C7H8N4. The molecule has 1 aliphatic rings. The van der Waals surface area contributed by atoms with Gasteiger partial charge in [-0.25, -0.2) is 0 Å². The van der Waals surface area contributed by atoms with Crippen LogP contribution < -0.4 is 5.73 Å². The molecule has 0 aromatic rings. The van der Waals surface area contributed by atoms with Crippen LogP contribution in [0.2, 0.25) is 0 Å². The Morgan fingerprint density at radius 3 is 3.18 bits per heavy atom. The number of nitrogens with zero attached hydrogens (tertiary/aromatic N) is 3. The van der Waals surface area contributed by atoms with Crippen LogP contribution in [0.4, 0.5) is 0 Å². The average molecular weight is 148 g/mol. The monoisotopic (exact) mass is 148 g/mol. The third-order valence-corrected chi connectivity index (χ3v) is 1.30. The minimum absolute atomic E-state index is 0.662. The molecular weight excluding hydrogens is 140 g/mol. The topological polar surface area (TPSA) is 74.8 Å². The van der Waals surface area contributed by atoms with Gasteiger partial charge in [0.05, 0.1) is 0 Å². The Labute approximate surface area is 64.3 Å². The third kappa shape index (κ3) is 2.20. The second kappa shape index (κ2) is 3.49. The lowest BCUT2D eigenvalue weighted by atomic mass is 10.1. The molecule has 4 nitrogen and oxygen atoms in total. The van der Waals surface area contributed by atoms with Crippen molar-refractivity contribution in [3.63, 3.8) is 0 Å². The van der Waals surface area contributed by atoms with E-state index in [0.29, 0.717) is 6.42 Å². The molecule has 0 aromatic carbocycles. The summed E-state index contributed by atoms with van der Waals surface area (Å²) in [4.78, 5) is 2.61. The normalized spacial score (nSPS) is 19.3. The maximum Gasteiger partial charge on any atom is 0.0125 e. The molecule has 0 bridgehead atoms. The van der Waals surface area contributed by atoms with Crippen molar-refractivity contribution in [3.05, 3.63) is 46.1 Å². The smallest absolute Gasteiger partial charge is 0.0125 e. The number of azide groups is 1. The molecule has 0 aromatic heterocycles. The van der Waals surface area contributed by atoms with Crippen molar-refractivity contribution in [2.45, 2.75) is 6.42 Å². The van der Waals surface area contributed by atoms with Crippen molar-refractivity contribution in [2.75, 3.05) is 0 Å². The molecule has 0 saturated carbocycles. The number of hydrogen-bond donors (Lipinski definition) is 1. The lowest BCUT2D eigenvalue weighted by Gasteiger charge is -2.04. The van der Waals surface area contributed by atoms with Crippen LogP contribution in [-0.2, 0) is 0 Å². The van der Waals surface area contributed by atoms with E-state index in [-0.39, 0.29) is 0 Å². The van der Waals surface area contributed by atoms with Crippen LogP contribution in [0, 0.1) is 0 Å². The molecule has 0 amide bonds. The molecule has 0 spiro atoms. The Bertz CT molecular complexity index is 279. The van der Waals surface area contributed by atoms with Gasteiger partial charge >= 0.3 is 0 Å². The highest BCUT2D eigenvalue weighted by molar-refractivity contribution is 5.32. The van der Waals surface area contributed by atoms with Crippen LogP contribution in [0.5, 0.6) is 0 Å². The summed E-state index contributed by atoms with van der Waals surface area (Å²) in [6, 6.07) is 0. The van der Waals surface area contributed by atoms with E-state index in [1.165, 1.54) is 6.20 Å². The van der Waals surface area contributed by atoms with Crippen LogP contribution in [0.15, 0.2) is 40.8 Å². The van der Waals surface area contributed by atoms with Gasteiger partial charge in [0.1, 0.15) is 0 Å². The number of hydrogen-bond acceptors (Lipinski definition) is 2. The molecule has 0 atom stereocenters. The van der Waals surface area contributed by atoms with Gasteiger partial charge in [-0.15, -0.1) is 0 Å². The predicted octanol–water partition coefficient (Wildman–Crippen LogP) is 1.98. The molecule has 11 heavy (non-hydrogen) atoms. The quantitative estimate of drug-likeness (QED) is 0.344. The fourth-order valence-electron chi connectivity index (χ4n) is 0.838. The lowest BCUT2D eigenvalue weighted by Crippen LogP contribution is -1.99. The summed E-state index contributed by atoms with van der Waals surface area (Å²) >= 11 is 0. The average Bonchev–Trinajstić information content (AvgIpc) is 2.01. The molecule has 4 heteroatoms. The zero-order chi connectivity index (χ0) is 8.10. The van der Waals surface area contributed by atoms with E-state index < -0.39 is 0 Å². The summed E-state index contributed by atoms with van der Waals surface area (Å²) < 4.78 is 0. The van der Waals surface area contributed by atoms with Crippen LogP contribution >= 0.6 is 0 Å². The Morgan fingerprint density at radius 2 is 2.55 bits per heavy atom. The molecule has 0 radical (unpaired) electrons. The first kappa shape index (κ1) is 7.44. The van der Waals surface area contributed by atoms with Gasteiger partial charge in [-0.3, -0.25) is 0 Å². The lowest BCUT2D eigenvalue weighted by molar-refractivity contribution is 1.09. The second-order valence-corrected chi connectivity index (χ2v) is 2.19. The van der Waals surface area contributed by atoms with Crippen molar-refractivity contribution < 1.29 is 0 Å².